The Bertz CT molecular complexity index is 651. The number of sulfonamides is 1. The molecule has 2 aromatic heterocycles. The van der Waals surface area contributed by atoms with Crippen molar-refractivity contribution in [1.82, 2.24) is 14.9 Å². The highest BCUT2D eigenvalue weighted by molar-refractivity contribution is 7.89. The van der Waals surface area contributed by atoms with Gasteiger partial charge in [-0.05, 0) is 13.0 Å². The highest BCUT2D eigenvalue weighted by Gasteiger charge is 2.15. The summed E-state index contributed by atoms with van der Waals surface area (Å²) in [6.45, 7) is 1.79. The van der Waals surface area contributed by atoms with Crippen LogP contribution in [0.1, 0.15) is 11.5 Å². The van der Waals surface area contributed by atoms with Gasteiger partial charge < -0.3 is 10.3 Å². The molecule has 0 aliphatic carbocycles. The number of nitrogens with two attached hydrogens (primary N) is 1. The third kappa shape index (κ3) is 2.84. The van der Waals surface area contributed by atoms with Gasteiger partial charge in [0.25, 0.3) is 0 Å². The number of pyridine rings is 1. The van der Waals surface area contributed by atoms with Gasteiger partial charge in [0.15, 0.2) is 0 Å². The summed E-state index contributed by atoms with van der Waals surface area (Å²) < 4.78 is 31.1. The van der Waals surface area contributed by atoms with E-state index in [9.17, 15) is 8.42 Å². The fraction of sp³-hybridized carbons (Fsp3) is 0.200. The number of anilines is 1. The SMILES string of the molecule is Cc1cc(CNS(=O)(=O)c2ccnc(N)c2)no1. The standard InChI is InChI=1S/C10H12N4O3S/c1-7-4-8(14-17-7)6-13-18(15,16)9-2-3-12-10(11)5-9/h2-5,13H,6H2,1H3,(H2,11,12). The second-order valence-electron chi connectivity index (χ2n) is 3.67. The summed E-state index contributed by atoms with van der Waals surface area (Å²) in [5.41, 5.74) is 5.95. The lowest BCUT2D eigenvalue weighted by Crippen LogP contribution is -2.23. The number of rotatable bonds is 4. The zero-order valence-corrected chi connectivity index (χ0v) is 10.4. The van der Waals surface area contributed by atoms with Gasteiger partial charge in [-0.25, -0.2) is 18.1 Å². The van der Waals surface area contributed by atoms with E-state index in [0.717, 1.165) is 0 Å². The Labute approximate surface area is 104 Å². The molecule has 0 aliphatic heterocycles. The Morgan fingerprint density at radius 1 is 1.44 bits per heavy atom. The summed E-state index contributed by atoms with van der Waals surface area (Å²) in [4.78, 5) is 3.80. The third-order valence-electron chi connectivity index (χ3n) is 2.18. The number of nitrogens with one attached hydrogen (secondary N) is 1. The minimum Gasteiger partial charge on any atom is -0.384 e. The van der Waals surface area contributed by atoms with Crippen LogP contribution in [-0.4, -0.2) is 18.6 Å². The van der Waals surface area contributed by atoms with Crippen molar-refractivity contribution >= 4 is 15.8 Å². The van der Waals surface area contributed by atoms with Crippen molar-refractivity contribution in [2.24, 2.45) is 0 Å². The van der Waals surface area contributed by atoms with Crippen LogP contribution < -0.4 is 10.5 Å². The van der Waals surface area contributed by atoms with Crippen LogP contribution in [0.3, 0.4) is 0 Å². The first kappa shape index (κ1) is 12.5. The fourth-order valence-electron chi connectivity index (χ4n) is 1.35. The normalized spacial score (nSPS) is 11.6. The largest absolute Gasteiger partial charge is 0.384 e. The van der Waals surface area contributed by atoms with Gasteiger partial charge in [-0.2, -0.15) is 0 Å². The molecule has 3 N–H and O–H groups in total. The second kappa shape index (κ2) is 4.75. The van der Waals surface area contributed by atoms with E-state index < -0.39 is 10.0 Å². The lowest BCUT2D eigenvalue weighted by molar-refractivity contribution is 0.390. The van der Waals surface area contributed by atoms with E-state index >= 15 is 0 Å². The summed E-state index contributed by atoms with van der Waals surface area (Å²) in [5, 5.41) is 3.69. The summed E-state index contributed by atoms with van der Waals surface area (Å²) in [7, 11) is -3.62. The summed E-state index contributed by atoms with van der Waals surface area (Å²) >= 11 is 0. The van der Waals surface area contributed by atoms with Gasteiger partial charge in [0.05, 0.1) is 17.1 Å². The highest BCUT2D eigenvalue weighted by atomic mass is 32.2. The van der Waals surface area contributed by atoms with Crippen molar-refractivity contribution in [3.05, 3.63) is 35.9 Å². The number of aryl methyl sites for hydroxylation is 1. The molecule has 0 radical (unpaired) electrons. The lowest BCUT2D eigenvalue weighted by Gasteiger charge is -2.05. The smallest absolute Gasteiger partial charge is 0.241 e. The summed E-state index contributed by atoms with van der Waals surface area (Å²) in [5.74, 6) is 0.771. The third-order valence-corrected chi connectivity index (χ3v) is 3.58. The Kier molecular flexibility index (Phi) is 3.30. The van der Waals surface area contributed by atoms with Gasteiger partial charge in [0.1, 0.15) is 11.6 Å². The molecular formula is C10H12N4O3S. The molecule has 2 aromatic rings. The Hall–Kier alpha value is -1.93. The number of nitrogens with zero attached hydrogens (tertiary/aromatic N) is 2. The van der Waals surface area contributed by atoms with E-state index in [0.29, 0.717) is 11.5 Å². The van der Waals surface area contributed by atoms with Crippen LogP contribution in [0.15, 0.2) is 33.8 Å². The van der Waals surface area contributed by atoms with Crippen molar-refractivity contribution in [3.63, 3.8) is 0 Å². The summed E-state index contributed by atoms with van der Waals surface area (Å²) in [6, 6.07) is 4.31. The molecule has 2 rings (SSSR count). The Morgan fingerprint density at radius 2 is 2.22 bits per heavy atom. The average Bonchev–Trinajstić information content (AvgIpc) is 2.73. The van der Waals surface area contributed by atoms with E-state index in [4.69, 9.17) is 10.3 Å². The van der Waals surface area contributed by atoms with Crippen molar-refractivity contribution in [2.45, 2.75) is 18.4 Å². The lowest BCUT2D eigenvalue weighted by atomic mass is 10.4. The van der Waals surface area contributed by atoms with Crippen LogP contribution in [0, 0.1) is 6.92 Å². The highest BCUT2D eigenvalue weighted by Crippen LogP contribution is 2.11. The monoisotopic (exact) mass is 268 g/mol. The van der Waals surface area contributed by atoms with Crippen LogP contribution in [0.4, 0.5) is 5.82 Å². The fourth-order valence-corrected chi connectivity index (χ4v) is 2.37. The van der Waals surface area contributed by atoms with Crippen LogP contribution >= 0.6 is 0 Å². The molecule has 96 valence electrons. The molecule has 8 heteroatoms. The van der Waals surface area contributed by atoms with Crippen LogP contribution in [0.25, 0.3) is 0 Å². The molecule has 0 aromatic carbocycles. The zero-order valence-electron chi connectivity index (χ0n) is 9.62. The van der Waals surface area contributed by atoms with Gasteiger partial charge in [-0.15, -0.1) is 0 Å². The van der Waals surface area contributed by atoms with Gasteiger partial charge in [0, 0.05) is 18.3 Å². The van der Waals surface area contributed by atoms with Gasteiger partial charge in [-0.1, -0.05) is 5.16 Å². The maximum atomic E-state index is 11.9. The van der Waals surface area contributed by atoms with Crippen molar-refractivity contribution < 1.29 is 12.9 Å². The zero-order chi connectivity index (χ0) is 13.2. The molecule has 2 heterocycles. The summed E-state index contributed by atoms with van der Waals surface area (Å²) in [6.07, 6.45) is 1.34. The van der Waals surface area contributed by atoms with Crippen molar-refractivity contribution in [1.29, 1.82) is 0 Å². The first-order chi connectivity index (χ1) is 8.47. The molecule has 0 spiro atoms. The minimum atomic E-state index is -3.62. The number of nitrogen functional groups attached to an aromatic ring is 1. The molecule has 0 amide bonds. The van der Waals surface area contributed by atoms with E-state index in [2.05, 4.69) is 14.9 Å². The van der Waals surface area contributed by atoms with Crippen molar-refractivity contribution in [3.8, 4) is 0 Å². The van der Waals surface area contributed by atoms with Crippen molar-refractivity contribution in [2.75, 3.05) is 5.73 Å². The molecule has 18 heavy (non-hydrogen) atoms. The van der Waals surface area contributed by atoms with E-state index in [1.807, 2.05) is 0 Å². The minimum absolute atomic E-state index is 0.0574. The van der Waals surface area contributed by atoms with E-state index in [1.165, 1.54) is 18.3 Å². The Balaban J connectivity index is 2.13. The molecule has 0 unspecified atom stereocenters. The van der Waals surface area contributed by atoms with Gasteiger partial charge >= 0.3 is 0 Å². The second-order valence-corrected chi connectivity index (χ2v) is 5.44. The number of aromatic nitrogens is 2. The molecular weight excluding hydrogens is 256 g/mol. The molecule has 0 bridgehead atoms. The Morgan fingerprint density at radius 3 is 2.83 bits per heavy atom. The molecule has 0 atom stereocenters. The average molecular weight is 268 g/mol. The predicted octanol–water partition coefficient (Wildman–Crippen LogP) is 0.439. The van der Waals surface area contributed by atoms with Gasteiger partial charge in [0.2, 0.25) is 10.0 Å². The molecule has 7 nitrogen and oxygen atoms in total. The topological polar surface area (TPSA) is 111 Å². The molecule has 0 fully saturated rings. The maximum absolute atomic E-state index is 11.9. The molecule has 0 saturated heterocycles. The first-order valence-corrected chi connectivity index (χ1v) is 6.59. The predicted molar refractivity (Wildman–Crippen MR) is 63.9 cm³/mol. The first-order valence-electron chi connectivity index (χ1n) is 5.11. The van der Waals surface area contributed by atoms with E-state index in [-0.39, 0.29) is 17.3 Å². The number of hydrogen-bond donors (Lipinski definition) is 2. The quantitative estimate of drug-likeness (QED) is 0.832. The van der Waals surface area contributed by atoms with Gasteiger partial charge in [-0.3, -0.25) is 0 Å². The van der Waals surface area contributed by atoms with Crippen LogP contribution in [0.2, 0.25) is 0 Å². The molecule has 0 saturated carbocycles. The molecule has 0 aliphatic rings. The van der Waals surface area contributed by atoms with Crippen LogP contribution in [0.5, 0.6) is 0 Å². The van der Waals surface area contributed by atoms with Crippen LogP contribution in [-0.2, 0) is 16.6 Å². The maximum Gasteiger partial charge on any atom is 0.241 e. The number of hydrogen-bond acceptors (Lipinski definition) is 6. The van der Waals surface area contributed by atoms with E-state index in [1.54, 1.807) is 13.0 Å².